The first-order valence-corrected chi connectivity index (χ1v) is 11.7. The highest BCUT2D eigenvalue weighted by Crippen LogP contribution is 2.28. The normalized spacial score (nSPS) is 23.5. The van der Waals surface area contributed by atoms with E-state index in [1.807, 2.05) is 0 Å². The zero-order chi connectivity index (χ0) is 22.1. The van der Waals surface area contributed by atoms with Gasteiger partial charge in [0.15, 0.2) is 0 Å². The number of aliphatic hydroxyl groups excluding tert-OH is 1. The van der Waals surface area contributed by atoms with Gasteiger partial charge in [0.25, 0.3) is 0 Å². The molecule has 2 fully saturated rings. The van der Waals surface area contributed by atoms with Crippen LogP contribution in [0, 0.1) is 23.2 Å². The molecule has 166 valence electrons. The Labute approximate surface area is 188 Å². The maximum Gasteiger partial charge on any atom is 0.0625 e. The van der Waals surface area contributed by atoms with Crippen LogP contribution >= 0.6 is 0 Å². The number of nitrogens with zero attached hydrogens (tertiary/aromatic N) is 3. The molecule has 2 aromatic carbocycles. The van der Waals surface area contributed by atoms with Crippen molar-refractivity contribution in [3.8, 4) is 6.07 Å². The minimum absolute atomic E-state index is 0.331. The minimum Gasteiger partial charge on any atom is -0.396 e. The Kier molecular flexibility index (Phi) is 9.09. The molecule has 4 atom stereocenters. The van der Waals surface area contributed by atoms with Crippen LogP contribution in [-0.2, 0) is 0 Å². The molecule has 4 nitrogen and oxygen atoms in total. The lowest BCUT2D eigenvalue weighted by atomic mass is 10.1. The molecule has 0 aromatic heterocycles. The van der Waals surface area contributed by atoms with Crippen LogP contribution in [-0.4, -0.2) is 47.7 Å². The molecule has 31 heavy (non-hydrogen) atoms. The number of rotatable bonds is 6. The molecular formula is C27H37N3O. The van der Waals surface area contributed by atoms with E-state index in [4.69, 9.17) is 10.4 Å². The SMILES string of the molecule is C[C@H](c1ccccc1)N1CC[C@@H](CO)C1.C[C@H](c1ccccc1)N1CC[C@H](CC#N)C1. The molecule has 2 aliphatic heterocycles. The summed E-state index contributed by atoms with van der Waals surface area (Å²) < 4.78 is 0. The van der Waals surface area contributed by atoms with Crippen LogP contribution in [0.5, 0.6) is 0 Å². The number of aliphatic hydroxyl groups is 1. The van der Waals surface area contributed by atoms with Gasteiger partial charge in [0.2, 0.25) is 0 Å². The number of benzene rings is 2. The second-order valence-electron chi connectivity index (χ2n) is 9.02. The molecule has 1 N–H and O–H groups in total. The number of hydrogen-bond acceptors (Lipinski definition) is 4. The van der Waals surface area contributed by atoms with E-state index in [1.54, 1.807) is 0 Å². The van der Waals surface area contributed by atoms with Crippen molar-refractivity contribution in [3.05, 3.63) is 71.8 Å². The van der Waals surface area contributed by atoms with Gasteiger partial charge in [0.1, 0.15) is 0 Å². The highest BCUT2D eigenvalue weighted by atomic mass is 16.3. The molecule has 2 saturated heterocycles. The molecule has 2 aliphatic rings. The van der Waals surface area contributed by atoms with Gasteiger partial charge in [-0.25, -0.2) is 0 Å². The molecule has 0 saturated carbocycles. The second kappa shape index (κ2) is 12.0. The van der Waals surface area contributed by atoms with Gasteiger partial charge in [-0.1, -0.05) is 60.7 Å². The lowest BCUT2D eigenvalue weighted by molar-refractivity contribution is 0.204. The molecule has 4 heteroatoms. The van der Waals surface area contributed by atoms with Crippen LogP contribution in [0.3, 0.4) is 0 Å². The highest BCUT2D eigenvalue weighted by molar-refractivity contribution is 5.19. The van der Waals surface area contributed by atoms with E-state index < -0.39 is 0 Å². The van der Waals surface area contributed by atoms with Crippen molar-refractivity contribution in [1.29, 1.82) is 5.26 Å². The van der Waals surface area contributed by atoms with Gasteiger partial charge in [-0.05, 0) is 62.7 Å². The Balaban J connectivity index is 0.000000176. The van der Waals surface area contributed by atoms with Crippen molar-refractivity contribution < 1.29 is 5.11 Å². The molecule has 2 aromatic rings. The van der Waals surface area contributed by atoms with Crippen LogP contribution in [0.1, 0.15) is 56.3 Å². The Morgan fingerprint density at radius 3 is 1.71 bits per heavy atom. The van der Waals surface area contributed by atoms with Crippen molar-refractivity contribution in [2.24, 2.45) is 11.8 Å². The van der Waals surface area contributed by atoms with Gasteiger partial charge in [-0.3, -0.25) is 9.80 Å². The molecule has 0 unspecified atom stereocenters. The van der Waals surface area contributed by atoms with E-state index in [1.165, 1.54) is 17.5 Å². The summed E-state index contributed by atoms with van der Waals surface area (Å²) in [7, 11) is 0. The predicted molar refractivity (Wildman–Crippen MR) is 126 cm³/mol. The van der Waals surface area contributed by atoms with Crippen molar-refractivity contribution in [2.45, 2.75) is 45.2 Å². The average molecular weight is 420 g/mol. The number of hydrogen-bond donors (Lipinski definition) is 1. The third-order valence-electron chi connectivity index (χ3n) is 6.93. The molecular weight excluding hydrogens is 382 g/mol. The lowest BCUT2D eigenvalue weighted by Gasteiger charge is -2.24. The van der Waals surface area contributed by atoms with E-state index in [-0.39, 0.29) is 0 Å². The van der Waals surface area contributed by atoms with Gasteiger partial charge in [-0.2, -0.15) is 5.26 Å². The molecule has 2 heterocycles. The van der Waals surface area contributed by atoms with E-state index in [9.17, 15) is 0 Å². The van der Waals surface area contributed by atoms with Gasteiger partial charge in [0, 0.05) is 38.2 Å². The summed E-state index contributed by atoms with van der Waals surface area (Å²) in [5, 5.41) is 17.8. The van der Waals surface area contributed by atoms with Crippen molar-refractivity contribution in [2.75, 3.05) is 32.8 Å². The number of likely N-dealkylation sites (tertiary alicyclic amines) is 2. The van der Waals surface area contributed by atoms with Crippen molar-refractivity contribution in [1.82, 2.24) is 9.80 Å². The summed E-state index contributed by atoms with van der Waals surface area (Å²) in [6.45, 7) is 9.18. The summed E-state index contributed by atoms with van der Waals surface area (Å²) in [5.74, 6) is 1.06. The standard InChI is InChI=1S/C14H18N2.C13H19NO/c1-12(14-5-3-2-4-6-14)16-10-8-13(11-16)7-9-15;1-11(13-5-3-2-4-6-13)14-8-7-12(9-14)10-15/h2-6,12-13H,7-8,10-11H2,1H3;2-6,11-12,15H,7-10H2,1H3/t12-,13+;11-,12-/m11/s1. The fourth-order valence-electron chi connectivity index (χ4n) is 4.76. The van der Waals surface area contributed by atoms with Crippen molar-refractivity contribution >= 4 is 0 Å². The first kappa shape index (κ1) is 23.5. The Bertz CT molecular complexity index is 804. The van der Waals surface area contributed by atoms with Crippen LogP contribution in [0.25, 0.3) is 0 Å². The predicted octanol–water partition coefficient (Wildman–Crippen LogP) is 5.04. The first-order valence-electron chi connectivity index (χ1n) is 11.7. The Hall–Kier alpha value is -2.19. The molecule has 0 aliphatic carbocycles. The monoisotopic (exact) mass is 419 g/mol. The van der Waals surface area contributed by atoms with Gasteiger partial charge in [0.05, 0.1) is 6.07 Å². The Morgan fingerprint density at radius 1 is 0.839 bits per heavy atom. The van der Waals surface area contributed by atoms with Crippen LogP contribution in [0.15, 0.2) is 60.7 Å². The molecule has 0 radical (unpaired) electrons. The van der Waals surface area contributed by atoms with Crippen LogP contribution in [0.4, 0.5) is 0 Å². The maximum atomic E-state index is 9.11. The van der Waals surface area contributed by atoms with E-state index >= 15 is 0 Å². The summed E-state index contributed by atoms with van der Waals surface area (Å²) >= 11 is 0. The zero-order valence-electron chi connectivity index (χ0n) is 19.0. The number of nitriles is 1. The fraction of sp³-hybridized carbons (Fsp3) is 0.519. The third kappa shape index (κ3) is 6.64. The van der Waals surface area contributed by atoms with Gasteiger partial charge >= 0.3 is 0 Å². The summed E-state index contributed by atoms with van der Waals surface area (Å²) in [4.78, 5) is 4.94. The average Bonchev–Trinajstić information content (AvgIpc) is 3.50. The molecule has 0 bridgehead atoms. The highest BCUT2D eigenvalue weighted by Gasteiger charge is 2.27. The second-order valence-corrected chi connectivity index (χ2v) is 9.02. The smallest absolute Gasteiger partial charge is 0.0625 e. The van der Waals surface area contributed by atoms with Crippen LogP contribution in [0.2, 0.25) is 0 Å². The zero-order valence-corrected chi connectivity index (χ0v) is 19.0. The van der Waals surface area contributed by atoms with E-state index in [0.29, 0.717) is 36.9 Å². The fourth-order valence-corrected chi connectivity index (χ4v) is 4.76. The Morgan fingerprint density at radius 2 is 1.29 bits per heavy atom. The van der Waals surface area contributed by atoms with Gasteiger partial charge in [-0.15, -0.1) is 0 Å². The van der Waals surface area contributed by atoms with E-state index in [0.717, 1.165) is 32.6 Å². The minimum atomic E-state index is 0.331. The quantitative estimate of drug-likeness (QED) is 0.712. The largest absolute Gasteiger partial charge is 0.396 e. The summed E-state index contributed by atoms with van der Waals surface area (Å²) in [5.41, 5.74) is 2.75. The third-order valence-corrected chi connectivity index (χ3v) is 6.93. The molecule has 0 spiro atoms. The summed E-state index contributed by atoms with van der Waals surface area (Å²) in [6.07, 6.45) is 3.01. The maximum absolute atomic E-state index is 9.11. The van der Waals surface area contributed by atoms with Crippen LogP contribution < -0.4 is 0 Å². The lowest BCUT2D eigenvalue weighted by Crippen LogP contribution is -2.25. The van der Waals surface area contributed by atoms with Crippen molar-refractivity contribution in [3.63, 3.8) is 0 Å². The first-order chi connectivity index (χ1) is 15.1. The summed E-state index contributed by atoms with van der Waals surface area (Å²) in [6, 6.07) is 24.4. The van der Waals surface area contributed by atoms with E-state index in [2.05, 4.69) is 90.4 Å². The van der Waals surface area contributed by atoms with Gasteiger partial charge < -0.3 is 5.11 Å². The molecule has 4 rings (SSSR count). The topological polar surface area (TPSA) is 50.5 Å². The molecule has 0 amide bonds.